The molecule has 2 aromatic rings. The van der Waals surface area contributed by atoms with Crippen LogP contribution < -0.4 is 10.6 Å². The van der Waals surface area contributed by atoms with Crippen molar-refractivity contribution in [3.63, 3.8) is 0 Å². The lowest BCUT2D eigenvalue weighted by Gasteiger charge is -2.16. The van der Waals surface area contributed by atoms with Crippen molar-refractivity contribution < 1.29 is 9.50 Å². The van der Waals surface area contributed by atoms with E-state index in [2.05, 4.69) is 39.4 Å². The molecule has 0 fully saturated rings. The van der Waals surface area contributed by atoms with Crippen molar-refractivity contribution in [2.24, 2.45) is 4.99 Å². The molecule has 3 N–H and O–H groups in total. The van der Waals surface area contributed by atoms with Gasteiger partial charge in [-0.2, -0.15) is 11.3 Å². The van der Waals surface area contributed by atoms with E-state index in [9.17, 15) is 9.50 Å². The van der Waals surface area contributed by atoms with E-state index in [0.29, 0.717) is 30.5 Å². The second-order valence-corrected chi connectivity index (χ2v) is 6.41. The van der Waals surface area contributed by atoms with Gasteiger partial charge in [0, 0.05) is 25.6 Å². The van der Waals surface area contributed by atoms with Gasteiger partial charge in [-0.1, -0.05) is 19.1 Å². The van der Waals surface area contributed by atoms with Gasteiger partial charge in [0.25, 0.3) is 0 Å². The van der Waals surface area contributed by atoms with E-state index in [-0.39, 0.29) is 29.8 Å². The molecule has 0 radical (unpaired) electrons. The molecule has 0 aliphatic rings. The molecular weight excluding hydrogens is 452 g/mol. The number of aliphatic hydroxyl groups is 1. The van der Waals surface area contributed by atoms with E-state index in [4.69, 9.17) is 0 Å². The third-order valence-corrected chi connectivity index (χ3v) is 4.40. The predicted molar refractivity (Wildman–Crippen MR) is 113 cm³/mol. The first-order valence-electron chi connectivity index (χ1n) is 8.08. The van der Waals surface area contributed by atoms with Crippen molar-refractivity contribution in [2.75, 3.05) is 19.6 Å². The standard InChI is InChI=1S/C18H24FN3OS.HI/c1-3-20-18(21-10-13(2)15-8-9-24-12-15)22-11-17(23)14-4-6-16(19)7-5-14;/h4-9,12-13,17,23H,3,10-11H2,1-2H3,(H2,20,21,22);1H. The van der Waals surface area contributed by atoms with Crippen molar-refractivity contribution in [1.29, 1.82) is 0 Å². The Bertz CT molecular complexity index is 634. The summed E-state index contributed by atoms with van der Waals surface area (Å²) in [6, 6.07) is 7.99. The summed E-state index contributed by atoms with van der Waals surface area (Å²) in [5, 5.41) is 20.7. The third kappa shape index (κ3) is 7.29. The van der Waals surface area contributed by atoms with Crippen LogP contribution in [0.1, 0.15) is 37.0 Å². The smallest absolute Gasteiger partial charge is 0.191 e. The van der Waals surface area contributed by atoms with E-state index in [0.717, 1.165) is 6.54 Å². The van der Waals surface area contributed by atoms with Gasteiger partial charge in [0.05, 0.1) is 6.10 Å². The molecule has 0 saturated heterocycles. The molecule has 0 aliphatic heterocycles. The molecule has 2 atom stereocenters. The normalized spacial score (nSPS) is 13.7. The minimum Gasteiger partial charge on any atom is -0.387 e. The number of hydrogen-bond acceptors (Lipinski definition) is 3. The van der Waals surface area contributed by atoms with E-state index in [1.54, 1.807) is 23.5 Å². The first kappa shape index (κ1) is 21.9. The van der Waals surface area contributed by atoms with Crippen LogP contribution in [0.4, 0.5) is 4.39 Å². The zero-order chi connectivity index (χ0) is 17.4. The van der Waals surface area contributed by atoms with Gasteiger partial charge in [-0.3, -0.25) is 4.99 Å². The van der Waals surface area contributed by atoms with Crippen LogP contribution in [0.2, 0.25) is 0 Å². The molecule has 2 rings (SSSR count). The molecule has 0 saturated carbocycles. The molecule has 1 aromatic carbocycles. The molecule has 0 aliphatic carbocycles. The van der Waals surface area contributed by atoms with Gasteiger partial charge in [0.15, 0.2) is 5.96 Å². The van der Waals surface area contributed by atoms with Crippen LogP contribution >= 0.6 is 35.3 Å². The molecule has 2 unspecified atom stereocenters. The number of benzene rings is 1. The molecule has 1 heterocycles. The Morgan fingerprint density at radius 1 is 1.20 bits per heavy atom. The average molecular weight is 477 g/mol. The summed E-state index contributed by atoms with van der Waals surface area (Å²) in [7, 11) is 0. The van der Waals surface area contributed by atoms with Crippen molar-refractivity contribution >= 4 is 41.3 Å². The highest BCUT2D eigenvalue weighted by atomic mass is 127. The highest BCUT2D eigenvalue weighted by molar-refractivity contribution is 14.0. The van der Waals surface area contributed by atoms with Crippen molar-refractivity contribution in [1.82, 2.24) is 10.6 Å². The Labute approximate surface area is 169 Å². The van der Waals surface area contributed by atoms with Crippen LogP contribution in [0, 0.1) is 5.82 Å². The second-order valence-electron chi connectivity index (χ2n) is 5.63. The Kier molecular flexibility index (Phi) is 9.99. The average Bonchev–Trinajstić information content (AvgIpc) is 3.12. The summed E-state index contributed by atoms with van der Waals surface area (Å²) >= 11 is 1.69. The minimum atomic E-state index is -0.719. The predicted octanol–water partition coefficient (Wildman–Crippen LogP) is 3.90. The fraction of sp³-hybridized carbons (Fsp3) is 0.389. The van der Waals surface area contributed by atoms with Crippen molar-refractivity contribution in [3.05, 3.63) is 58.0 Å². The number of rotatable bonds is 7. The maximum absolute atomic E-state index is 12.9. The van der Waals surface area contributed by atoms with Gasteiger partial charge < -0.3 is 15.7 Å². The van der Waals surface area contributed by atoms with Gasteiger partial charge >= 0.3 is 0 Å². The van der Waals surface area contributed by atoms with Gasteiger partial charge in [0.2, 0.25) is 0 Å². The maximum atomic E-state index is 12.9. The summed E-state index contributed by atoms with van der Waals surface area (Å²) in [5.74, 6) is 0.700. The van der Waals surface area contributed by atoms with Gasteiger partial charge in [-0.05, 0) is 47.0 Å². The van der Waals surface area contributed by atoms with E-state index >= 15 is 0 Å². The fourth-order valence-corrected chi connectivity index (χ4v) is 3.01. The van der Waals surface area contributed by atoms with E-state index in [1.807, 2.05) is 6.92 Å². The molecule has 138 valence electrons. The van der Waals surface area contributed by atoms with Crippen LogP contribution in [-0.4, -0.2) is 30.7 Å². The highest BCUT2D eigenvalue weighted by Gasteiger charge is 2.10. The number of thiophene rings is 1. The number of guanidine groups is 1. The molecule has 0 amide bonds. The molecule has 4 nitrogen and oxygen atoms in total. The summed E-state index contributed by atoms with van der Waals surface area (Å²) in [5.41, 5.74) is 1.96. The fourth-order valence-electron chi connectivity index (χ4n) is 2.23. The number of nitrogens with one attached hydrogen (secondary N) is 2. The lowest BCUT2D eigenvalue weighted by molar-refractivity contribution is 0.180. The van der Waals surface area contributed by atoms with Crippen LogP contribution in [0.15, 0.2) is 46.1 Å². The molecule has 0 spiro atoms. The topological polar surface area (TPSA) is 56.7 Å². The van der Waals surface area contributed by atoms with E-state index in [1.165, 1.54) is 17.7 Å². The number of hydrogen-bond donors (Lipinski definition) is 3. The SMILES string of the molecule is CCNC(=NCC(C)c1ccsc1)NCC(O)c1ccc(F)cc1.I. The zero-order valence-corrected chi connectivity index (χ0v) is 17.6. The molecule has 0 bridgehead atoms. The highest BCUT2D eigenvalue weighted by Crippen LogP contribution is 2.18. The quantitative estimate of drug-likeness (QED) is 0.322. The molecule has 1 aromatic heterocycles. The summed E-state index contributed by atoms with van der Waals surface area (Å²) < 4.78 is 12.9. The molecule has 25 heavy (non-hydrogen) atoms. The number of nitrogens with zero attached hydrogens (tertiary/aromatic N) is 1. The second kappa shape index (κ2) is 11.4. The van der Waals surface area contributed by atoms with E-state index < -0.39 is 6.10 Å². The van der Waals surface area contributed by atoms with Crippen molar-refractivity contribution in [3.8, 4) is 0 Å². The third-order valence-electron chi connectivity index (χ3n) is 3.70. The van der Waals surface area contributed by atoms with Crippen LogP contribution in [-0.2, 0) is 0 Å². The Hall–Kier alpha value is -1.19. The summed E-state index contributed by atoms with van der Waals surface area (Å²) in [4.78, 5) is 4.58. The number of aliphatic imine (C=N–C) groups is 1. The van der Waals surface area contributed by atoms with Crippen LogP contribution in [0.5, 0.6) is 0 Å². The maximum Gasteiger partial charge on any atom is 0.191 e. The van der Waals surface area contributed by atoms with Crippen molar-refractivity contribution in [2.45, 2.75) is 25.9 Å². The zero-order valence-electron chi connectivity index (χ0n) is 14.4. The molecular formula is C18H25FIN3OS. The first-order chi connectivity index (χ1) is 11.6. The van der Waals surface area contributed by atoms with Gasteiger partial charge in [0.1, 0.15) is 5.82 Å². The van der Waals surface area contributed by atoms with Gasteiger partial charge in [-0.25, -0.2) is 4.39 Å². The lowest BCUT2D eigenvalue weighted by Crippen LogP contribution is -2.39. The first-order valence-corrected chi connectivity index (χ1v) is 9.02. The largest absolute Gasteiger partial charge is 0.387 e. The Morgan fingerprint density at radius 2 is 1.92 bits per heavy atom. The van der Waals surface area contributed by atoms with Gasteiger partial charge in [-0.15, -0.1) is 24.0 Å². The molecule has 7 heteroatoms. The van der Waals surface area contributed by atoms with Crippen LogP contribution in [0.3, 0.4) is 0 Å². The number of aliphatic hydroxyl groups excluding tert-OH is 1. The summed E-state index contributed by atoms with van der Waals surface area (Å²) in [6.07, 6.45) is -0.719. The lowest BCUT2D eigenvalue weighted by atomic mass is 10.1. The summed E-state index contributed by atoms with van der Waals surface area (Å²) in [6.45, 7) is 5.85. The minimum absolute atomic E-state index is 0. The monoisotopic (exact) mass is 477 g/mol. The Morgan fingerprint density at radius 3 is 2.52 bits per heavy atom. The number of halogens is 2. The van der Waals surface area contributed by atoms with Crippen LogP contribution in [0.25, 0.3) is 0 Å². The Balaban J connectivity index is 0.00000312.